The molecular formula is C13H9ClF3N. The van der Waals surface area contributed by atoms with Crippen molar-refractivity contribution in [3.8, 4) is 0 Å². The molecule has 0 radical (unpaired) electrons. The summed E-state index contributed by atoms with van der Waals surface area (Å²) in [7, 11) is 0. The van der Waals surface area contributed by atoms with Crippen LogP contribution in [0.3, 0.4) is 0 Å². The summed E-state index contributed by atoms with van der Waals surface area (Å²) in [6.07, 6.45) is 0. The molecule has 0 saturated carbocycles. The molecule has 0 aliphatic carbocycles. The first-order valence-corrected chi connectivity index (χ1v) is 5.57. The Morgan fingerprint density at radius 1 is 1.00 bits per heavy atom. The Bertz CT molecular complexity index is 552. The highest BCUT2D eigenvalue weighted by Crippen LogP contribution is 2.23. The molecule has 2 rings (SSSR count). The van der Waals surface area contributed by atoms with Gasteiger partial charge in [-0.05, 0) is 30.3 Å². The highest BCUT2D eigenvalue weighted by atomic mass is 35.5. The molecule has 5 heteroatoms. The fourth-order valence-electron chi connectivity index (χ4n) is 1.52. The van der Waals surface area contributed by atoms with E-state index < -0.39 is 17.5 Å². The molecule has 2 aromatic carbocycles. The van der Waals surface area contributed by atoms with Crippen LogP contribution in [0.25, 0.3) is 0 Å². The van der Waals surface area contributed by atoms with Gasteiger partial charge in [0.05, 0.1) is 10.7 Å². The third-order valence-corrected chi connectivity index (χ3v) is 2.78. The Kier molecular flexibility index (Phi) is 3.77. The minimum atomic E-state index is -0.657. The monoisotopic (exact) mass is 271 g/mol. The Balaban J connectivity index is 2.19. The van der Waals surface area contributed by atoms with Gasteiger partial charge in [-0.1, -0.05) is 17.7 Å². The van der Waals surface area contributed by atoms with Gasteiger partial charge in [-0.2, -0.15) is 0 Å². The quantitative estimate of drug-likeness (QED) is 0.874. The van der Waals surface area contributed by atoms with Gasteiger partial charge in [-0.3, -0.25) is 0 Å². The molecular weight excluding hydrogens is 263 g/mol. The summed E-state index contributed by atoms with van der Waals surface area (Å²) in [6.45, 7) is -0.109. The zero-order chi connectivity index (χ0) is 13.1. The lowest BCUT2D eigenvalue weighted by Crippen LogP contribution is -2.05. The lowest BCUT2D eigenvalue weighted by Gasteiger charge is -2.10. The van der Waals surface area contributed by atoms with E-state index in [0.717, 1.165) is 12.1 Å². The molecule has 0 aromatic heterocycles. The van der Waals surface area contributed by atoms with Gasteiger partial charge in [0, 0.05) is 12.1 Å². The topological polar surface area (TPSA) is 12.0 Å². The van der Waals surface area contributed by atoms with Gasteiger partial charge in [0.2, 0.25) is 0 Å². The minimum absolute atomic E-state index is 0.109. The van der Waals surface area contributed by atoms with E-state index in [0.29, 0.717) is 5.69 Å². The predicted molar refractivity (Wildman–Crippen MR) is 65.1 cm³/mol. The van der Waals surface area contributed by atoms with Gasteiger partial charge in [-0.25, -0.2) is 13.2 Å². The van der Waals surface area contributed by atoms with Gasteiger partial charge < -0.3 is 5.32 Å². The standard InChI is InChI=1S/C13H9ClF3N/c14-10-5-4-8(15)6-13(10)18-7-9-11(16)2-1-3-12(9)17/h1-6,18H,7H2. The van der Waals surface area contributed by atoms with E-state index in [-0.39, 0.29) is 17.1 Å². The first-order chi connectivity index (χ1) is 8.58. The van der Waals surface area contributed by atoms with Crippen LogP contribution in [-0.4, -0.2) is 0 Å². The Morgan fingerprint density at radius 3 is 2.33 bits per heavy atom. The average molecular weight is 272 g/mol. The summed E-state index contributed by atoms with van der Waals surface area (Å²) in [5.74, 6) is -1.79. The molecule has 94 valence electrons. The highest BCUT2D eigenvalue weighted by molar-refractivity contribution is 6.33. The summed E-state index contributed by atoms with van der Waals surface area (Å²) < 4.78 is 39.7. The molecule has 0 fully saturated rings. The molecule has 0 aliphatic rings. The van der Waals surface area contributed by atoms with Crippen LogP contribution in [0.15, 0.2) is 36.4 Å². The molecule has 0 atom stereocenters. The summed E-state index contributed by atoms with van der Waals surface area (Å²) >= 11 is 5.83. The number of benzene rings is 2. The fourth-order valence-corrected chi connectivity index (χ4v) is 1.70. The van der Waals surface area contributed by atoms with E-state index >= 15 is 0 Å². The van der Waals surface area contributed by atoms with E-state index in [1.165, 1.54) is 24.3 Å². The Labute approximate surface area is 107 Å². The van der Waals surface area contributed by atoms with Gasteiger partial charge in [0.1, 0.15) is 17.5 Å². The molecule has 2 aromatic rings. The molecule has 0 spiro atoms. The first-order valence-electron chi connectivity index (χ1n) is 5.20. The molecule has 1 N–H and O–H groups in total. The fraction of sp³-hybridized carbons (Fsp3) is 0.0769. The second-order valence-corrected chi connectivity index (χ2v) is 4.09. The van der Waals surface area contributed by atoms with Crippen molar-refractivity contribution in [2.75, 3.05) is 5.32 Å². The van der Waals surface area contributed by atoms with Crippen molar-refractivity contribution in [3.63, 3.8) is 0 Å². The van der Waals surface area contributed by atoms with Gasteiger partial charge in [-0.15, -0.1) is 0 Å². The van der Waals surface area contributed by atoms with Gasteiger partial charge >= 0.3 is 0 Å². The van der Waals surface area contributed by atoms with Crippen LogP contribution < -0.4 is 5.32 Å². The summed E-state index contributed by atoms with van der Waals surface area (Å²) in [6, 6.07) is 7.35. The maximum Gasteiger partial charge on any atom is 0.131 e. The lowest BCUT2D eigenvalue weighted by atomic mass is 10.2. The molecule has 0 saturated heterocycles. The summed E-state index contributed by atoms with van der Waals surface area (Å²) in [4.78, 5) is 0. The third-order valence-electron chi connectivity index (χ3n) is 2.45. The number of hydrogen-bond donors (Lipinski definition) is 1. The maximum atomic E-state index is 13.3. The van der Waals surface area contributed by atoms with E-state index in [1.54, 1.807) is 0 Å². The van der Waals surface area contributed by atoms with Crippen LogP contribution in [0.5, 0.6) is 0 Å². The first kappa shape index (κ1) is 12.8. The molecule has 0 amide bonds. The minimum Gasteiger partial charge on any atom is -0.379 e. The average Bonchev–Trinajstić information content (AvgIpc) is 2.33. The van der Waals surface area contributed by atoms with Crippen molar-refractivity contribution in [3.05, 3.63) is 64.4 Å². The molecule has 0 heterocycles. The highest BCUT2D eigenvalue weighted by Gasteiger charge is 2.09. The van der Waals surface area contributed by atoms with Crippen LogP contribution in [0, 0.1) is 17.5 Å². The Morgan fingerprint density at radius 2 is 1.67 bits per heavy atom. The van der Waals surface area contributed by atoms with Crippen molar-refractivity contribution in [2.24, 2.45) is 0 Å². The normalized spacial score (nSPS) is 10.4. The van der Waals surface area contributed by atoms with Crippen LogP contribution in [0.4, 0.5) is 18.9 Å². The largest absolute Gasteiger partial charge is 0.379 e. The summed E-state index contributed by atoms with van der Waals surface area (Å²) in [5.41, 5.74) is 0.178. The summed E-state index contributed by atoms with van der Waals surface area (Å²) in [5, 5.41) is 2.99. The van der Waals surface area contributed by atoms with Crippen LogP contribution in [-0.2, 0) is 6.54 Å². The Hall–Kier alpha value is -1.68. The third kappa shape index (κ3) is 2.76. The molecule has 1 nitrogen and oxygen atoms in total. The number of rotatable bonds is 3. The SMILES string of the molecule is Fc1ccc(Cl)c(NCc2c(F)cccc2F)c1. The van der Waals surface area contributed by atoms with Gasteiger partial charge in [0.25, 0.3) is 0 Å². The number of hydrogen-bond acceptors (Lipinski definition) is 1. The molecule has 0 unspecified atom stereocenters. The van der Waals surface area contributed by atoms with Crippen molar-refractivity contribution in [1.29, 1.82) is 0 Å². The number of anilines is 1. The smallest absolute Gasteiger partial charge is 0.131 e. The lowest BCUT2D eigenvalue weighted by molar-refractivity contribution is 0.560. The van der Waals surface area contributed by atoms with Crippen molar-refractivity contribution < 1.29 is 13.2 Å². The zero-order valence-corrected chi connectivity index (χ0v) is 9.94. The van der Waals surface area contributed by atoms with Crippen LogP contribution in [0.1, 0.15) is 5.56 Å². The van der Waals surface area contributed by atoms with E-state index in [2.05, 4.69) is 5.32 Å². The second-order valence-electron chi connectivity index (χ2n) is 3.68. The molecule has 0 aliphatic heterocycles. The van der Waals surface area contributed by atoms with Crippen LogP contribution >= 0.6 is 11.6 Å². The van der Waals surface area contributed by atoms with E-state index in [4.69, 9.17) is 11.6 Å². The van der Waals surface area contributed by atoms with Crippen molar-refractivity contribution in [1.82, 2.24) is 0 Å². The van der Waals surface area contributed by atoms with E-state index in [1.807, 2.05) is 0 Å². The number of halogens is 4. The van der Waals surface area contributed by atoms with E-state index in [9.17, 15) is 13.2 Å². The van der Waals surface area contributed by atoms with Gasteiger partial charge in [0.15, 0.2) is 0 Å². The second kappa shape index (κ2) is 5.31. The predicted octanol–water partition coefficient (Wildman–Crippen LogP) is 4.37. The number of nitrogens with one attached hydrogen (secondary N) is 1. The molecule has 0 bridgehead atoms. The van der Waals surface area contributed by atoms with Crippen LogP contribution in [0.2, 0.25) is 5.02 Å². The maximum absolute atomic E-state index is 13.3. The van der Waals surface area contributed by atoms with Crippen molar-refractivity contribution in [2.45, 2.75) is 6.54 Å². The molecule has 18 heavy (non-hydrogen) atoms. The zero-order valence-electron chi connectivity index (χ0n) is 9.18. The van der Waals surface area contributed by atoms with Crippen molar-refractivity contribution >= 4 is 17.3 Å².